The lowest BCUT2D eigenvalue weighted by atomic mass is 9.99. The fourth-order valence-corrected chi connectivity index (χ4v) is 7.45. The highest BCUT2D eigenvalue weighted by Gasteiger charge is 2.33. The topological polar surface area (TPSA) is 143 Å². The number of nitrogens with zero attached hydrogens (tertiary/aromatic N) is 1. The normalized spacial score (nSPS) is 16.6. The van der Waals surface area contributed by atoms with Crippen molar-refractivity contribution >= 4 is 23.6 Å². The molecule has 4 N–H and O–H groups in total. The van der Waals surface area contributed by atoms with Crippen molar-refractivity contribution in [1.29, 1.82) is 0 Å². The highest BCUT2D eigenvalue weighted by Crippen LogP contribution is 2.41. The number of amides is 2. The molecule has 10 nitrogen and oxygen atoms in total. The standard InChI is InChI=1S/C45H43N3O7S/c49-28-30-20-22-32(23-21-30)39-26-38(29-56-45-47-42(33-11-3-1-4-12-33)43(55-45)34-13-5-2-6-14-34)53-44(54-39)37-17-8-16-36(25-37)35-15-7-10-31(24-35)27-46-40(50)18-9-19-41(51)48-52/h1-8,10-17,20-25,38-39,44,49,52H,9,18-19,26-29H2,(H,46,50)(H,48,51)/t38-,39+,44+/m1/s1. The second-order valence-electron chi connectivity index (χ2n) is 13.5. The van der Waals surface area contributed by atoms with Crippen LogP contribution in [-0.4, -0.2) is 39.0 Å². The molecule has 0 unspecified atom stereocenters. The number of oxazole rings is 1. The molecule has 286 valence electrons. The van der Waals surface area contributed by atoms with Gasteiger partial charge in [-0.3, -0.25) is 14.8 Å². The van der Waals surface area contributed by atoms with Gasteiger partial charge in [-0.2, -0.15) is 0 Å². The molecule has 5 aromatic carbocycles. The molecule has 7 rings (SSSR count). The van der Waals surface area contributed by atoms with Gasteiger partial charge in [-0.15, -0.1) is 0 Å². The zero-order chi connectivity index (χ0) is 38.7. The van der Waals surface area contributed by atoms with Crippen LogP contribution in [0.5, 0.6) is 0 Å². The number of carbonyl (C=O) groups is 2. The van der Waals surface area contributed by atoms with E-state index >= 15 is 0 Å². The predicted octanol–water partition coefficient (Wildman–Crippen LogP) is 8.80. The van der Waals surface area contributed by atoms with E-state index in [1.54, 1.807) is 5.48 Å². The van der Waals surface area contributed by atoms with Crippen molar-refractivity contribution in [2.45, 2.75) is 62.6 Å². The summed E-state index contributed by atoms with van der Waals surface area (Å²) in [4.78, 5) is 28.5. The predicted molar refractivity (Wildman–Crippen MR) is 214 cm³/mol. The fraction of sp³-hybridized carbons (Fsp3) is 0.222. The van der Waals surface area contributed by atoms with Gasteiger partial charge in [0.15, 0.2) is 12.1 Å². The van der Waals surface area contributed by atoms with Gasteiger partial charge in [0.25, 0.3) is 5.22 Å². The molecule has 0 radical (unpaired) electrons. The summed E-state index contributed by atoms with van der Waals surface area (Å²) in [6.07, 6.45) is 0.0944. The minimum Gasteiger partial charge on any atom is -0.431 e. The monoisotopic (exact) mass is 769 g/mol. The maximum absolute atomic E-state index is 12.4. The second kappa shape index (κ2) is 18.9. The number of aromatic nitrogens is 1. The quantitative estimate of drug-likeness (QED) is 0.0458. The summed E-state index contributed by atoms with van der Waals surface area (Å²) < 4.78 is 19.8. The number of aliphatic hydroxyl groups is 1. The maximum atomic E-state index is 12.4. The number of ether oxygens (including phenoxy) is 2. The van der Waals surface area contributed by atoms with Crippen molar-refractivity contribution in [1.82, 2.24) is 15.8 Å². The van der Waals surface area contributed by atoms with Crippen LogP contribution in [0.1, 0.15) is 60.3 Å². The molecule has 2 heterocycles. The Hall–Kier alpha value is -5.56. The lowest BCUT2D eigenvalue weighted by Crippen LogP contribution is -2.31. The van der Waals surface area contributed by atoms with Gasteiger partial charge in [-0.1, -0.05) is 133 Å². The van der Waals surface area contributed by atoms with Crippen molar-refractivity contribution in [3.05, 3.63) is 156 Å². The van der Waals surface area contributed by atoms with Crippen molar-refractivity contribution in [3.8, 4) is 33.7 Å². The second-order valence-corrected chi connectivity index (χ2v) is 14.5. The largest absolute Gasteiger partial charge is 0.431 e. The Morgan fingerprint density at radius 3 is 2.12 bits per heavy atom. The fourth-order valence-electron chi connectivity index (χ4n) is 6.61. The highest BCUT2D eigenvalue weighted by atomic mass is 32.2. The molecule has 2 amide bonds. The number of benzene rings is 5. The Morgan fingerprint density at radius 2 is 1.39 bits per heavy atom. The third-order valence-corrected chi connectivity index (χ3v) is 10.5. The lowest BCUT2D eigenvalue weighted by Gasteiger charge is -2.36. The minimum absolute atomic E-state index is 0.0330. The lowest BCUT2D eigenvalue weighted by molar-refractivity contribution is -0.245. The summed E-state index contributed by atoms with van der Waals surface area (Å²) >= 11 is 1.52. The van der Waals surface area contributed by atoms with Gasteiger partial charge >= 0.3 is 0 Å². The molecular formula is C45H43N3O7S. The first-order chi connectivity index (χ1) is 27.4. The first-order valence-electron chi connectivity index (χ1n) is 18.6. The van der Waals surface area contributed by atoms with Crippen LogP contribution in [0.25, 0.3) is 33.7 Å². The summed E-state index contributed by atoms with van der Waals surface area (Å²) in [5.41, 5.74) is 9.89. The molecule has 1 fully saturated rings. The van der Waals surface area contributed by atoms with Gasteiger partial charge in [0.05, 0.1) is 18.8 Å². The van der Waals surface area contributed by atoms with Gasteiger partial charge in [-0.25, -0.2) is 10.5 Å². The summed E-state index contributed by atoms with van der Waals surface area (Å²) in [7, 11) is 0. The van der Waals surface area contributed by atoms with E-state index in [0.717, 1.165) is 56.0 Å². The average molecular weight is 770 g/mol. The molecule has 0 bridgehead atoms. The minimum atomic E-state index is -0.656. The summed E-state index contributed by atoms with van der Waals surface area (Å²) in [5.74, 6) is 0.620. The number of hydrogen-bond acceptors (Lipinski definition) is 9. The van der Waals surface area contributed by atoms with Crippen molar-refractivity contribution in [2.24, 2.45) is 0 Å². The van der Waals surface area contributed by atoms with Crippen LogP contribution >= 0.6 is 11.8 Å². The van der Waals surface area contributed by atoms with Gasteiger partial charge in [-0.05, 0) is 46.4 Å². The van der Waals surface area contributed by atoms with Crippen LogP contribution in [0.2, 0.25) is 0 Å². The molecule has 1 aliphatic heterocycles. The number of aliphatic hydroxyl groups excluding tert-OH is 1. The van der Waals surface area contributed by atoms with Gasteiger partial charge in [0.2, 0.25) is 11.8 Å². The van der Waals surface area contributed by atoms with E-state index in [2.05, 4.69) is 11.4 Å². The number of thioether (sulfide) groups is 1. The van der Waals surface area contributed by atoms with Gasteiger partial charge < -0.3 is 24.3 Å². The third kappa shape index (κ3) is 9.99. The molecule has 0 saturated carbocycles. The molecule has 0 aliphatic carbocycles. The Morgan fingerprint density at radius 1 is 0.714 bits per heavy atom. The average Bonchev–Trinajstić information content (AvgIpc) is 3.70. The molecule has 56 heavy (non-hydrogen) atoms. The van der Waals surface area contributed by atoms with Crippen LogP contribution in [0.3, 0.4) is 0 Å². The van der Waals surface area contributed by atoms with E-state index in [9.17, 15) is 14.7 Å². The van der Waals surface area contributed by atoms with Crippen molar-refractivity contribution in [3.63, 3.8) is 0 Å². The SMILES string of the molecule is O=C(CCCC(=O)NCc1cccc(-c2cccc([C@H]3O[C@@H](CSc4nc(-c5ccccc5)c(-c5ccccc5)o4)C[C@@H](c4ccc(CO)cc4)O3)c2)c1)NO. The van der Waals surface area contributed by atoms with Gasteiger partial charge in [0, 0.05) is 48.3 Å². The van der Waals surface area contributed by atoms with Crippen molar-refractivity contribution in [2.75, 3.05) is 5.75 Å². The van der Waals surface area contributed by atoms with E-state index in [-0.39, 0.29) is 37.6 Å². The number of carbonyl (C=O) groups excluding carboxylic acids is 2. The Balaban J connectivity index is 1.09. The van der Waals surface area contributed by atoms with E-state index in [4.69, 9.17) is 24.1 Å². The molecule has 1 aliphatic rings. The zero-order valence-corrected chi connectivity index (χ0v) is 31.5. The van der Waals surface area contributed by atoms with E-state index in [1.165, 1.54) is 11.8 Å². The molecule has 6 aromatic rings. The van der Waals surface area contributed by atoms with E-state index in [0.29, 0.717) is 30.4 Å². The summed E-state index contributed by atoms with van der Waals surface area (Å²) in [6.45, 7) is 0.308. The molecule has 0 spiro atoms. The van der Waals surface area contributed by atoms with Crippen LogP contribution in [0.4, 0.5) is 0 Å². The number of rotatable bonds is 15. The smallest absolute Gasteiger partial charge is 0.256 e. The van der Waals surface area contributed by atoms with Crippen LogP contribution < -0.4 is 10.8 Å². The highest BCUT2D eigenvalue weighted by molar-refractivity contribution is 7.99. The number of hydroxylamine groups is 1. The van der Waals surface area contributed by atoms with Crippen LogP contribution in [-0.2, 0) is 32.2 Å². The van der Waals surface area contributed by atoms with Crippen LogP contribution in [0.15, 0.2) is 143 Å². The van der Waals surface area contributed by atoms with E-state index in [1.807, 2.05) is 127 Å². The number of hydrogen-bond donors (Lipinski definition) is 4. The molecular weight excluding hydrogens is 727 g/mol. The maximum Gasteiger partial charge on any atom is 0.256 e. The zero-order valence-electron chi connectivity index (χ0n) is 30.7. The number of nitrogens with one attached hydrogen (secondary N) is 2. The van der Waals surface area contributed by atoms with Crippen LogP contribution in [0, 0.1) is 0 Å². The molecule has 11 heteroatoms. The summed E-state index contributed by atoms with van der Waals surface area (Å²) in [6, 6.07) is 44.0. The molecule has 3 atom stereocenters. The Kier molecular flexibility index (Phi) is 13.0. The summed E-state index contributed by atoms with van der Waals surface area (Å²) in [5, 5.41) is 21.8. The first kappa shape index (κ1) is 38.7. The first-order valence-corrected chi connectivity index (χ1v) is 19.6. The van der Waals surface area contributed by atoms with E-state index < -0.39 is 12.2 Å². The Labute approximate surface area is 329 Å². The van der Waals surface area contributed by atoms with Crippen molar-refractivity contribution < 1.29 is 33.8 Å². The molecule has 1 aromatic heterocycles. The third-order valence-electron chi connectivity index (χ3n) is 9.54. The molecule has 1 saturated heterocycles. The Bertz CT molecular complexity index is 2160. The van der Waals surface area contributed by atoms with Gasteiger partial charge in [0.1, 0.15) is 5.69 Å².